The van der Waals surface area contributed by atoms with E-state index in [9.17, 15) is 4.57 Å². The quantitative estimate of drug-likeness (QED) is 0.676. The molecule has 13 heavy (non-hydrogen) atoms. The van der Waals surface area contributed by atoms with E-state index in [1.165, 1.54) is 0 Å². The molecule has 0 aliphatic heterocycles. The number of rotatable bonds is 5. The van der Waals surface area contributed by atoms with Gasteiger partial charge in [0.15, 0.2) is 8.46 Å². The maximum Gasteiger partial charge on any atom is 0.159 e. The van der Waals surface area contributed by atoms with Crippen molar-refractivity contribution in [2.45, 2.75) is 19.4 Å². The predicted molar refractivity (Wildman–Crippen MR) is 53.6 cm³/mol. The number of hydrogen-bond donors (Lipinski definition) is 0. The van der Waals surface area contributed by atoms with E-state index in [1.807, 2.05) is 37.3 Å². The van der Waals surface area contributed by atoms with Gasteiger partial charge in [0.1, 0.15) is 11.9 Å². The third kappa shape index (κ3) is 3.56. The van der Waals surface area contributed by atoms with E-state index in [2.05, 4.69) is 0 Å². The third-order valence-corrected chi connectivity index (χ3v) is 2.34. The van der Waals surface area contributed by atoms with E-state index in [4.69, 9.17) is 4.74 Å². The summed E-state index contributed by atoms with van der Waals surface area (Å²) in [4.78, 5) is 0. The normalized spacial score (nSPS) is 12.7. The largest absolute Gasteiger partial charge is 0.490 e. The summed E-state index contributed by atoms with van der Waals surface area (Å²) in [5.74, 6) is 0.845. The van der Waals surface area contributed by atoms with Gasteiger partial charge in [-0.05, 0) is 18.6 Å². The van der Waals surface area contributed by atoms with Gasteiger partial charge in [-0.2, -0.15) is 0 Å². The van der Waals surface area contributed by atoms with Gasteiger partial charge >= 0.3 is 0 Å². The van der Waals surface area contributed by atoms with Gasteiger partial charge in [-0.15, -0.1) is 0 Å². The monoisotopic (exact) mass is 196 g/mol. The fourth-order valence-corrected chi connectivity index (χ4v) is 1.52. The first-order chi connectivity index (χ1) is 6.36. The molecule has 0 amide bonds. The molecule has 2 nitrogen and oxygen atoms in total. The van der Waals surface area contributed by atoms with Crippen LogP contribution < -0.4 is 4.74 Å². The Hall–Kier alpha value is -0.880. The van der Waals surface area contributed by atoms with Gasteiger partial charge in [-0.25, -0.2) is 0 Å². The first-order valence-electron chi connectivity index (χ1n) is 4.37. The molecule has 70 valence electrons. The zero-order valence-electron chi connectivity index (χ0n) is 7.64. The van der Waals surface area contributed by atoms with Crippen molar-refractivity contribution in [2.24, 2.45) is 0 Å². The van der Waals surface area contributed by atoms with Crippen molar-refractivity contribution in [1.82, 2.24) is 0 Å². The zero-order chi connectivity index (χ0) is 9.52. The Labute approximate surface area is 80.1 Å². The molecule has 1 atom stereocenters. The average molecular weight is 196 g/mol. The number of ether oxygens (including phenoxy) is 1. The Bertz CT molecular complexity index is 248. The van der Waals surface area contributed by atoms with Crippen LogP contribution in [0.2, 0.25) is 0 Å². The van der Waals surface area contributed by atoms with Crippen molar-refractivity contribution in [3.8, 4) is 5.75 Å². The SMILES string of the molecule is CCC(CP=O)Oc1ccccc1. The van der Waals surface area contributed by atoms with E-state index < -0.39 is 0 Å². The number of para-hydroxylation sites is 1. The Kier molecular flexibility index (Phi) is 4.48. The smallest absolute Gasteiger partial charge is 0.159 e. The molecule has 0 aromatic heterocycles. The Morgan fingerprint density at radius 1 is 1.38 bits per heavy atom. The molecule has 1 unspecified atom stereocenters. The molecule has 0 aliphatic rings. The van der Waals surface area contributed by atoms with Crippen LogP contribution in [0.15, 0.2) is 30.3 Å². The lowest BCUT2D eigenvalue weighted by atomic mass is 10.3. The van der Waals surface area contributed by atoms with Gasteiger partial charge in [0.25, 0.3) is 0 Å². The molecule has 0 bridgehead atoms. The Morgan fingerprint density at radius 3 is 2.62 bits per heavy atom. The van der Waals surface area contributed by atoms with Crippen LogP contribution in [0.1, 0.15) is 13.3 Å². The topological polar surface area (TPSA) is 26.3 Å². The van der Waals surface area contributed by atoms with Crippen molar-refractivity contribution in [3.63, 3.8) is 0 Å². The van der Waals surface area contributed by atoms with E-state index in [0.717, 1.165) is 12.2 Å². The summed E-state index contributed by atoms with van der Waals surface area (Å²) in [5, 5.41) is 0. The number of hydrogen-bond acceptors (Lipinski definition) is 2. The lowest BCUT2D eigenvalue weighted by molar-refractivity contribution is 0.220. The summed E-state index contributed by atoms with van der Waals surface area (Å²) in [6, 6.07) is 9.61. The molecule has 0 saturated carbocycles. The minimum atomic E-state index is 0.0570. The lowest BCUT2D eigenvalue weighted by Crippen LogP contribution is -2.16. The van der Waals surface area contributed by atoms with Gasteiger partial charge < -0.3 is 4.74 Å². The fraction of sp³-hybridized carbons (Fsp3) is 0.400. The van der Waals surface area contributed by atoms with Crippen molar-refractivity contribution in [1.29, 1.82) is 0 Å². The highest BCUT2D eigenvalue weighted by molar-refractivity contribution is 7.23. The third-order valence-electron chi connectivity index (χ3n) is 1.78. The van der Waals surface area contributed by atoms with Gasteiger partial charge in [0.05, 0.1) is 6.16 Å². The molecule has 1 aromatic carbocycles. The molecule has 0 radical (unpaired) electrons. The molecule has 1 aromatic rings. The zero-order valence-corrected chi connectivity index (χ0v) is 8.54. The van der Waals surface area contributed by atoms with Crippen LogP contribution in [0.25, 0.3) is 0 Å². The van der Waals surface area contributed by atoms with Gasteiger partial charge in [-0.3, -0.25) is 4.57 Å². The van der Waals surface area contributed by atoms with Crippen LogP contribution >= 0.6 is 8.46 Å². The summed E-state index contributed by atoms with van der Waals surface area (Å²) in [5.41, 5.74) is 0. The van der Waals surface area contributed by atoms with E-state index in [1.54, 1.807) is 0 Å². The van der Waals surface area contributed by atoms with Crippen molar-refractivity contribution in [2.75, 3.05) is 6.16 Å². The highest BCUT2D eigenvalue weighted by Crippen LogP contribution is 2.14. The second-order valence-corrected chi connectivity index (χ2v) is 3.40. The van der Waals surface area contributed by atoms with Crippen LogP contribution in [0.5, 0.6) is 5.75 Å². The van der Waals surface area contributed by atoms with Crippen LogP contribution in [-0.4, -0.2) is 12.3 Å². The summed E-state index contributed by atoms with van der Waals surface area (Å²) < 4.78 is 16.0. The molecule has 0 N–H and O–H groups in total. The summed E-state index contributed by atoms with van der Waals surface area (Å²) >= 11 is 0. The number of benzene rings is 1. The van der Waals surface area contributed by atoms with E-state index in [0.29, 0.717) is 6.16 Å². The van der Waals surface area contributed by atoms with Crippen molar-refractivity contribution < 1.29 is 9.30 Å². The van der Waals surface area contributed by atoms with E-state index in [-0.39, 0.29) is 14.6 Å². The second-order valence-electron chi connectivity index (χ2n) is 2.77. The van der Waals surface area contributed by atoms with E-state index >= 15 is 0 Å². The van der Waals surface area contributed by atoms with Crippen molar-refractivity contribution in [3.05, 3.63) is 30.3 Å². The standard InChI is InChI=1S/C10H13O2P/c1-2-9(8-13-11)12-10-6-4-3-5-7-10/h3-7,9H,2,8H2,1H3. The molecule has 3 heteroatoms. The second kappa shape index (κ2) is 5.71. The molecular formula is C10H13O2P. The maximum atomic E-state index is 10.4. The molecular weight excluding hydrogens is 183 g/mol. The Balaban J connectivity index is 2.51. The maximum absolute atomic E-state index is 10.4. The van der Waals surface area contributed by atoms with Gasteiger partial charge in [-0.1, -0.05) is 25.1 Å². The van der Waals surface area contributed by atoms with Crippen LogP contribution in [0, 0.1) is 0 Å². The molecule has 0 spiro atoms. The first kappa shape index (κ1) is 10.2. The first-order valence-corrected chi connectivity index (χ1v) is 5.37. The summed E-state index contributed by atoms with van der Waals surface area (Å²) in [7, 11) is 0.150. The molecule has 0 aliphatic carbocycles. The van der Waals surface area contributed by atoms with Gasteiger partial charge in [0, 0.05) is 0 Å². The average Bonchev–Trinajstić information content (AvgIpc) is 2.19. The molecule has 0 heterocycles. The van der Waals surface area contributed by atoms with Gasteiger partial charge in [0.2, 0.25) is 0 Å². The molecule has 1 rings (SSSR count). The summed E-state index contributed by atoms with van der Waals surface area (Å²) in [6.07, 6.45) is 1.50. The highest BCUT2D eigenvalue weighted by atomic mass is 31.1. The van der Waals surface area contributed by atoms with Crippen LogP contribution in [0.4, 0.5) is 0 Å². The molecule has 0 saturated heterocycles. The lowest BCUT2D eigenvalue weighted by Gasteiger charge is -2.13. The molecule has 0 fully saturated rings. The summed E-state index contributed by atoms with van der Waals surface area (Å²) in [6.45, 7) is 2.03. The fourth-order valence-electron chi connectivity index (χ4n) is 1.02. The van der Waals surface area contributed by atoms with Crippen molar-refractivity contribution >= 4 is 8.46 Å². The van der Waals surface area contributed by atoms with Crippen LogP contribution in [0.3, 0.4) is 0 Å². The highest BCUT2D eigenvalue weighted by Gasteiger charge is 2.06. The minimum absolute atomic E-state index is 0.0570. The van der Waals surface area contributed by atoms with Crippen LogP contribution in [-0.2, 0) is 4.57 Å². The minimum Gasteiger partial charge on any atom is -0.490 e. The predicted octanol–water partition coefficient (Wildman–Crippen LogP) is 3.14. The Morgan fingerprint density at radius 2 is 2.08 bits per heavy atom.